The number of rotatable bonds is 8. The molecule has 1 aliphatic heterocycles. The fourth-order valence-electron chi connectivity index (χ4n) is 4.50. The minimum atomic E-state index is -4.16. The third-order valence-corrected chi connectivity index (χ3v) is 6.91. The average molecular weight is 568 g/mol. The summed E-state index contributed by atoms with van der Waals surface area (Å²) in [6.07, 6.45) is 3.90. The molecule has 0 unspecified atom stereocenters. The lowest BCUT2D eigenvalue weighted by atomic mass is 9.99. The van der Waals surface area contributed by atoms with E-state index in [0.717, 1.165) is 41.3 Å². The number of likely N-dealkylation sites (tertiary alicyclic amines) is 1. The summed E-state index contributed by atoms with van der Waals surface area (Å²) in [7, 11) is -3.29. The lowest BCUT2D eigenvalue weighted by Gasteiger charge is -2.26. The Hall–Kier alpha value is -3.83. The van der Waals surface area contributed by atoms with Crippen LogP contribution in [-0.4, -0.2) is 61.4 Å². The fourth-order valence-corrected chi connectivity index (χ4v) is 4.50. The Balaban J connectivity index is 0.000000557. The third-order valence-electron chi connectivity index (χ3n) is 6.49. The Kier molecular flexibility index (Phi) is 9.84. The number of phenols is 2. The van der Waals surface area contributed by atoms with Crippen LogP contribution in [0.25, 0.3) is 21.9 Å². The molecule has 4 aromatic carbocycles. The van der Waals surface area contributed by atoms with Crippen molar-refractivity contribution >= 4 is 21.2 Å². The smallest absolute Gasteiger partial charge is 0.397 e. The maximum Gasteiger partial charge on any atom is 0.397 e. The molecule has 1 heterocycles. The van der Waals surface area contributed by atoms with Crippen LogP contribution in [0.15, 0.2) is 78.9 Å². The lowest BCUT2D eigenvalue weighted by Crippen LogP contribution is -2.33. The van der Waals surface area contributed by atoms with Gasteiger partial charge in [0.15, 0.2) is 0 Å². The van der Waals surface area contributed by atoms with Gasteiger partial charge >= 0.3 is 10.4 Å². The molecular weight excluding hydrogens is 534 g/mol. The zero-order valence-electron chi connectivity index (χ0n) is 22.2. The molecule has 1 saturated heterocycles. The molecule has 1 fully saturated rings. The van der Waals surface area contributed by atoms with Crippen molar-refractivity contribution in [3.05, 3.63) is 78.9 Å². The van der Waals surface area contributed by atoms with Crippen LogP contribution in [-0.2, 0) is 14.6 Å². The molecule has 1 aliphatic rings. The van der Waals surface area contributed by atoms with Crippen molar-refractivity contribution in [1.82, 2.24) is 4.90 Å². The second-order valence-corrected chi connectivity index (χ2v) is 10.5. The highest BCUT2D eigenvalue weighted by Gasteiger charge is 2.14. The summed E-state index contributed by atoms with van der Waals surface area (Å²) in [5.74, 6) is 2.57. The average Bonchev–Trinajstić information content (AvgIpc) is 2.94. The maximum atomic E-state index is 10.00. The Bertz CT molecular complexity index is 1520. The van der Waals surface area contributed by atoms with Gasteiger partial charge in [0.1, 0.15) is 35.4 Å². The van der Waals surface area contributed by atoms with E-state index in [4.69, 9.17) is 14.0 Å². The molecule has 0 aliphatic carbocycles. The number of aromatic hydroxyl groups is 2. The number of phenolic OH excluding ortho intramolecular Hbond substituents is 2. The van der Waals surface area contributed by atoms with Gasteiger partial charge in [-0.25, -0.2) is 0 Å². The SMILES string of the molecule is COS(=O)(=O)O.Oc1cccc(-c2ccc3cc(O)ccc3c2Oc2ccc(OCCN3CCCCC3)cc2)c1. The van der Waals surface area contributed by atoms with Crippen LogP contribution < -0.4 is 9.47 Å². The molecule has 10 heteroatoms. The maximum absolute atomic E-state index is 10.00. The van der Waals surface area contributed by atoms with E-state index < -0.39 is 10.4 Å². The van der Waals surface area contributed by atoms with Crippen molar-refractivity contribution in [2.45, 2.75) is 19.3 Å². The fraction of sp³-hybridized carbons (Fsp3) is 0.267. The first-order chi connectivity index (χ1) is 19.2. The molecule has 4 aromatic rings. The van der Waals surface area contributed by atoms with Gasteiger partial charge in [-0.3, -0.25) is 13.6 Å². The zero-order chi connectivity index (χ0) is 28.5. The molecule has 0 bridgehead atoms. The minimum absolute atomic E-state index is 0.195. The summed E-state index contributed by atoms with van der Waals surface area (Å²) >= 11 is 0. The highest BCUT2D eigenvalue weighted by Crippen LogP contribution is 2.41. The van der Waals surface area contributed by atoms with E-state index >= 15 is 0 Å². The van der Waals surface area contributed by atoms with Crippen LogP contribution in [0.5, 0.6) is 28.7 Å². The van der Waals surface area contributed by atoms with Gasteiger partial charge in [-0.1, -0.05) is 24.6 Å². The molecule has 0 radical (unpaired) electrons. The second kappa shape index (κ2) is 13.5. The molecule has 0 saturated carbocycles. The molecule has 0 atom stereocenters. The standard InChI is InChI=1S/C29H29NO4.CH4O4S/c31-23-6-4-5-21(19-23)27-13-7-22-20-24(32)8-14-28(22)29(27)34-26-11-9-25(10-12-26)33-18-17-30-15-2-1-3-16-30;1-5-6(2,3)4/h4-14,19-20,31-32H,1-3,15-18H2;1H3,(H,2,3,4). The van der Waals surface area contributed by atoms with E-state index in [9.17, 15) is 18.6 Å². The van der Waals surface area contributed by atoms with Crippen LogP contribution in [0.1, 0.15) is 19.3 Å². The highest BCUT2D eigenvalue weighted by molar-refractivity contribution is 7.80. The van der Waals surface area contributed by atoms with E-state index in [1.807, 2.05) is 54.6 Å². The van der Waals surface area contributed by atoms with Crippen molar-refractivity contribution in [3.63, 3.8) is 0 Å². The molecule has 9 nitrogen and oxygen atoms in total. The number of fused-ring (bicyclic) bond motifs is 1. The van der Waals surface area contributed by atoms with E-state index in [2.05, 4.69) is 9.08 Å². The van der Waals surface area contributed by atoms with Crippen LogP contribution in [0.3, 0.4) is 0 Å². The number of nitrogens with zero attached hydrogens (tertiary/aromatic N) is 1. The molecule has 5 rings (SSSR count). The normalized spacial score (nSPS) is 13.8. The topological polar surface area (TPSA) is 126 Å². The van der Waals surface area contributed by atoms with Crippen molar-refractivity contribution in [2.24, 2.45) is 0 Å². The van der Waals surface area contributed by atoms with Gasteiger partial charge in [0.05, 0.1) is 7.11 Å². The van der Waals surface area contributed by atoms with Crippen molar-refractivity contribution in [3.8, 4) is 39.9 Å². The van der Waals surface area contributed by atoms with E-state index in [1.165, 1.54) is 32.4 Å². The van der Waals surface area contributed by atoms with E-state index in [1.54, 1.807) is 24.3 Å². The molecule has 0 aromatic heterocycles. The van der Waals surface area contributed by atoms with Gasteiger partial charge in [-0.15, -0.1) is 0 Å². The summed E-state index contributed by atoms with van der Waals surface area (Å²) in [5, 5.41) is 21.7. The number of benzene rings is 4. The molecule has 0 spiro atoms. The van der Waals surface area contributed by atoms with Gasteiger partial charge in [-0.2, -0.15) is 8.42 Å². The summed E-state index contributed by atoms with van der Waals surface area (Å²) in [4.78, 5) is 2.46. The van der Waals surface area contributed by atoms with Crippen LogP contribution in [0, 0.1) is 0 Å². The zero-order valence-corrected chi connectivity index (χ0v) is 23.0. The molecule has 212 valence electrons. The van der Waals surface area contributed by atoms with Crippen molar-refractivity contribution in [1.29, 1.82) is 0 Å². The molecule has 3 N–H and O–H groups in total. The Labute approximate surface area is 234 Å². The predicted octanol–water partition coefficient (Wildman–Crippen LogP) is 6.01. The first-order valence-corrected chi connectivity index (χ1v) is 14.3. The Morgan fingerprint density at radius 2 is 1.50 bits per heavy atom. The van der Waals surface area contributed by atoms with Gasteiger partial charge in [-0.05, 0) is 97.5 Å². The third kappa shape index (κ3) is 8.33. The molecular formula is C30H33NO8S. The summed E-state index contributed by atoms with van der Waals surface area (Å²) in [6.45, 7) is 3.96. The van der Waals surface area contributed by atoms with E-state index in [0.29, 0.717) is 18.1 Å². The number of hydrogen-bond acceptors (Lipinski definition) is 8. The number of hydrogen-bond donors (Lipinski definition) is 3. The summed E-state index contributed by atoms with van der Waals surface area (Å²) < 4.78 is 42.0. The van der Waals surface area contributed by atoms with Crippen LogP contribution in [0.2, 0.25) is 0 Å². The molecule has 40 heavy (non-hydrogen) atoms. The Morgan fingerprint density at radius 3 is 2.17 bits per heavy atom. The van der Waals surface area contributed by atoms with Crippen molar-refractivity contribution in [2.75, 3.05) is 33.4 Å². The summed E-state index contributed by atoms with van der Waals surface area (Å²) in [6, 6.07) is 23.9. The van der Waals surface area contributed by atoms with Crippen LogP contribution >= 0.6 is 0 Å². The van der Waals surface area contributed by atoms with Gasteiger partial charge in [0, 0.05) is 17.5 Å². The first kappa shape index (κ1) is 29.2. The van der Waals surface area contributed by atoms with Crippen molar-refractivity contribution < 1.29 is 36.8 Å². The Morgan fingerprint density at radius 1 is 0.825 bits per heavy atom. The monoisotopic (exact) mass is 567 g/mol. The predicted molar refractivity (Wildman–Crippen MR) is 154 cm³/mol. The number of ether oxygens (including phenoxy) is 2. The van der Waals surface area contributed by atoms with Gasteiger partial charge in [0.2, 0.25) is 0 Å². The quantitative estimate of drug-likeness (QED) is 0.219. The highest BCUT2D eigenvalue weighted by atomic mass is 32.3. The van der Waals surface area contributed by atoms with Crippen LogP contribution in [0.4, 0.5) is 0 Å². The first-order valence-electron chi connectivity index (χ1n) is 12.9. The lowest BCUT2D eigenvalue weighted by molar-refractivity contribution is 0.183. The second-order valence-electron chi connectivity index (χ2n) is 9.32. The number of piperidine rings is 1. The minimum Gasteiger partial charge on any atom is -0.508 e. The van der Waals surface area contributed by atoms with Gasteiger partial charge in [0.25, 0.3) is 0 Å². The molecule has 0 amide bonds. The van der Waals surface area contributed by atoms with Gasteiger partial charge < -0.3 is 19.7 Å². The summed E-state index contributed by atoms with van der Waals surface area (Å²) in [5.41, 5.74) is 1.71. The largest absolute Gasteiger partial charge is 0.508 e. The van der Waals surface area contributed by atoms with E-state index in [-0.39, 0.29) is 11.5 Å².